The molecular weight excluding hydrogens is 288 g/mol. The van der Waals surface area contributed by atoms with Gasteiger partial charge in [-0.05, 0) is 36.1 Å². The Balaban J connectivity index is 1.82. The molecule has 0 unspecified atom stereocenters. The van der Waals surface area contributed by atoms with E-state index in [1.807, 2.05) is 30.5 Å². The summed E-state index contributed by atoms with van der Waals surface area (Å²) in [5, 5.41) is 5.88. The Morgan fingerprint density at radius 3 is 2.76 bits per heavy atom. The smallest absolute Gasteiger partial charge is 0.277 e. The molecular formula is C15H16N2O3S. The Labute approximate surface area is 127 Å². The lowest BCUT2D eigenvalue weighted by Gasteiger charge is -2.09. The molecule has 5 nitrogen and oxygen atoms in total. The zero-order valence-corrected chi connectivity index (χ0v) is 12.6. The minimum atomic E-state index is -0.327. The van der Waals surface area contributed by atoms with Crippen LogP contribution in [0.4, 0.5) is 0 Å². The SMILES string of the molecule is COc1ccccc1OCC(=O)NN=Cc1sccc1C. The highest BCUT2D eigenvalue weighted by atomic mass is 32.1. The number of carbonyl (C=O) groups is 1. The molecule has 0 atom stereocenters. The average Bonchev–Trinajstić information content (AvgIpc) is 2.91. The number of rotatable bonds is 6. The zero-order valence-electron chi connectivity index (χ0n) is 11.8. The minimum Gasteiger partial charge on any atom is -0.493 e. The summed E-state index contributed by atoms with van der Waals surface area (Å²) in [5.41, 5.74) is 3.56. The molecule has 0 aliphatic carbocycles. The van der Waals surface area contributed by atoms with Gasteiger partial charge in [0.25, 0.3) is 5.91 Å². The van der Waals surface area contributed by atoms with Crippen LogP contribution in [0, 0.1) is 6.92 Å². The first kappa shape index (κ1) is 15.1. The molecule has 2 aromatic rings. The molecule has 6 heteroatoms. The van der Waals surface area contributed by atoms with Gasteiger partial charge in [0.05, 0.1) is 13.3 Å². The van der Waals surface area contributed by atoms with Crippen LogP contribution in [-0.4, -0.2) is 25.8 Å². The van der Waals surface area contributed by atoms with Crippen LogP contribution in [-0.2, 0) is 4.79 Å². The van der Waals surface area contributed by atoms with Crippen molar-refractivity contribution in [1.82, 2.24) is 5.43 Å². The number of methoxy groups -OCH3 is 1. The number of hydrazone groups is 1. The van der Waals surface area contributed by atoms with Crippen LogP contribution in [0.3, 0.4) is 0 Å². The van der Waals surface area contributed by atoms with Gasteiger partial charge in [-0.1, -0.05) is 12.1 Å². The molecule has 0 bridgehead atoms. The van der Waals surface area contributed by atoms with Crippen LogP contribution < -0.4 is 14.9 Å². The quantitative estimate of drug-likeness (QED) is 0.659. The van der Waals surface area contributed by atoms with Gasteiger partial charge in [-0.2, -0.15) is 5.10 Å². The third kappa shape index (κ3) is 4.32. The zero-order chi connectivity index (χ0) is 15.1. The van der Waals surface area contributed by atoms with Crippen molar-refractivity contribution in [2.24, 2.45) is 5.10 Å². The molecule has 1 heterocycles. The van der Waals surface area contributed by atoms with E-state index in [0.29, 0.717) is 11.5 Å². The summed E-state index contributed by atoms with van der Waals surface area (Å²) in [4.78, 5) is 12.7. The topological polar surface area (TPSA) is 59.9 Å². The normalized spacial score (nSPS) is 10.6. The third-order valence-corrected chi connectivity index (χ3v) is 3.65. The summed E-state index contributed by atoms with van der Waals surface area (Å²) in [6.45, 7) is 1.87. The first-order chi connectivity index (χ1) is 10.2. The second kappa shape index (κ2) is 7.44. The van der Waals surface area contributed by atoms with Crippen LogP contribution in [0.1, 0.15) is 10.4 Å². The Morgan fingerprint density at radius 1 is 1.33 bits per heavy atom. The van der Waals surface area contributed by atoms with Crippen LogP contribution in [0.5, 0.6) is 11.5 Å². The molecule has 1 amide bonds. The highest BCUT2D eigenvalue weighted by molar-refractivity contribution is 7.11. The second-order valence-corrected chi connectivity index (χ2v) is 5.15. The Hall–Kier alpha value is -2.34. The van der Waals surface area contributed by atoms with E-state index < -0.39 is 0 Å². The monoisotopic (exact) mass is 304 g/mol. The Bertz CT molecular complexity index is 637. The number of para-hydroxylation sites is 2. The summed E-state index contributed by atoms with van der Waals surface area (Å²) >= 11 is 1.57. The first-order valence-corrected chi connectivity index (χ1v) is 7.20. The number of aryl methyl sites for hydroxylation is 1. The maximum absolute atomic E-state index is 11.6. The van der Waals surface area contributed by atoms with Crippen molar-refractivity contribution in [1.29, 1.82) is 0 Å². The number of ether oxygens (including phenoxy) is 2. The van der Waals surface area contributed by atoms with Crippen LogP contribution in [0.2, 0.25) is 0 Å². The molecule has 0 aliphatic rings. The predicted molar refractivity (Wildman–Crippen MR) is 83.3 cm³/mol. The van der Waals surface area contributed by atoms with Gasteiger partial charge in [-0.15, -0.1) is 11.3 Å². The molecule has 0 spiro atoms. The summed E-state index contributed by atoms with van der Waals surface area (Å²) in [6.07, 6.45) is 1.63. The van der Waals surface area contributed by atoms with Gasteiger partial charge in [0, 0.05) is 4.88 Å². The number of carbonyl (C=O) groups excluding carboxylic acids is 1. The van der Waals surface area contributed by atoms with E-state index in [1.165, 1.54) is 0 Å². The number of hydrogen-bond acceptors (Lipinski definition) is 5. The molecule has 0 saturated heterocycles. The number of nitrogens with one attached hydrogen (secondary N) is 1. The first-order valence-electron chi connectivity index (χ1n) is 6.32. The van der Waals surface area contributed by atoms with E-state index in [4.69, 9.17) is 9.47 Å². The fraction of sp³-hybridized carbons (Fsp3) is 0.200. The molecule has 0 radical (unpaired) electrons. The maximum atomic E-state index is 11.6. The number of thiophene rings is 1. The van der Waals surface area contributed by atoms with Gasteiger partial charge < -0.3 is 9.47 Å². The lowest BCUT2D eigenvalue weighted by Crippen LogP contribution is -2.24. The van der Waals surface area contributed by atoms with Gasteiger partial charge in [0.1, 0.15) is 0 Å². The van der Waals surface area contributed by atoms with Crippen LogP contribution in [0.15, 0.2) is 40.8 Å². The second-order valence-electron chi connectivity index (χ2n) is 4.20. The van der Waals surface area contributed by atoms with Crippen molar-refractivity contribution in [2.75, 3.05) is 13.7 Å². The van der Waals surface area contributed by atoms with Gasteiger partial charge in [-0.25, -0.2) is 5.43 Å². The summed E-state index contributed by atoms with van der Waals surface area (Å²) in [7, 11) is 1.55. The molecule has 1 N–H and O–H groups in total. The van der Waals surface area contributed by atoms with E-state index in [1.54, 1.807) is 36.8 Å². The van der Waals surface area contributed by atoms with Gasteiger partial charge >= 0.3 is 0 Å². The highest BCUT2D eigenvalue weighted by Crippen LogP contribution is 2.25. The van der Waals surface area contributed by atoms with Crippen LogP contribution in [0.25, 0.3) is 0 Å². The number of hydrogen-bond donors (Lipinski definition) is 1. The maximum Gasteiger partial charge on any atom is 0.277 e. The minimum absolute atomic E-state index is 0.124. The molecule has 1 aromatic heterocycles. The van der Waals surface area contributed by atoms with Crippen molar-refractivity contribution in [3.63, 3.8) is 0 Å². The van der Waals surface area contributed by atoms with Crippen molar-refractivity contribution in [3.8, 4) is 11.5 Å². The predicted octanol–water partition coefficient (Wildman–Crippen LogP) is 2.59. The van der Waals surface area contributed by atoms with E-state index in [0.717, 1.165) is 10.4 Å². The fourth-order valence-corrected chi connectivity index (χ4v) is 2.38. The number of amides is 1. The molecule has 0 aliphatic heterocycles. The van der Waals surface area contributed by atoms with Gasteiger partial charge in [-0.3, -0.25) is 4.79 Å². The van der Waals surface area contributed by atoms with E-state index >= 15 is 0 Å². The lowest BCUT2D eigenvalue weighted by atomic mass is 10.3. The standard InChI is InChI=1S/C15H16N2O3S/c1-11-7-8-21-14(11)9-16-17-15(18)10-20-13-6-4-3-5-12(13)19-2/h3-9H,10H2,1-2H3,(H,17,18). The summed E-state index contributed by atoms with van der Waals surface area (Å²) < 4.78 is 10.5. The number of nitrogens with zero attached hydrogens (tertiary/aromatic N) is 1. The van der Waals surface area contributed by atoms with Crippen molar-refractivity contribution in [2.45, 2.75) is 6.92 Å². The van der Waals surface area contributed by atoms with Crippen molar-refractivity contribution >= 4 is 23.5 Å². The fourth-order valence-electron chi connectivity index (χ4n) is 1.59. The van der Waals surface area contributed by atoms with E-state index in [9.17, 15) is 4.79 Å². The third-order valence-electron chi connectivity index (χ3n) is 2.70. The Morgan fingerprint density at radius 2 is 2.10 bits per heavy atom. The summed E-state index contributed by atoms with van der Waals surface area (Å²) in [6, 6.07) is 9.15. The number of benzene rings is 1. The molecule has 110 valence electrons. The molecule has 2 rings (SSSR count). The van der Waals surface area contributed by atoms with Crippen molar-refractivity contribution < 1.29 is 14.3 Å². The molecule has 0 saturated carbocycles. The largest absolute Gasteiger partial charge is 0.493 e. The Kier molecular flexibility index (Phi) is 5.34. The van der Waals surface area contributed by atoms with Crippen molar-refractivity contribution in [3.05, 3.63) is 46.2 Å². The van der Waals surface area contributed by atoms with Crippen LogP contribution >= 0.6 is 11.3 Å². The lowest BCUT2D eigenvalue weighted by molar-refractivity contribution is -0.123. The van der Waals surface area contributed by atoms with E-state index in [2.05, 4.69) is 10.5 Å². The summed E-state index contributed by atoms with van der Waals surface area (Å²) in [5.74, 6) is 0.780. The highest BCUT2D eigenvalue weighted by Gasteiger charge is 2.06. The average molecular weight is 304 g/mol. The molecule has 0 fully saturated rings. The van der Waals surface area contributed by atoms with E-state index in [-0.39, 0.29) is 12.5 Å². The van der Waals surface area contributed by atoms with Gasteiger partial charge in [0.2, 0.25) is 0 Å². The molecule has 1 aromatic carbocycles. The van der Waals surface area contributed by atoms with Gasteiger partial charge in [0.15, 0.2) is 18.1 Å². The molecule has 21 heavy (non-hydrogen) atoms.